The first kappa shape index (κ1) is 14.8. The van der Waals surface area contributed by atoms with Gasteiger partial charge in [-0.3, -0.25) is 0 Å². The van der Waals surface area contributed by atoms with Crippen LogP contribution in [0.4, 0.5) is 4.79 Å². The molecule has 0 fully saturated rings. The first-order chi connectivity index (χ1) is 11.2. The lowest BCUT2D eigenvalue weighted by atomic mass is 10.0. The summed E-state index contributed by atoms with van der Waals surface area (Å²) < 4.78 is 6.12. The van der Waals surface area contributed by atoms with Crippen molar-refractivity contribution in [3.63, 3.8) is 0 Å². The molecule has 116 valence electrons. The Balaban J connectivity index is 2.01. The highest BCUT2D eigenvalue weighted by molar-refractivity contribution is 5.73. The van der Waals surface area contributed by atoms with E-state index in [9.17, 15) is 9.90 Å². The molecule has 1 heterocycles. The van der Waals surface area contributed by atoms with Gasteiger partial charge in [0.2, 0.25) is 0 Å². The number of aromatic nitrogens is 2. The van der Waals surface area contributed by atoms with Crippen molar-refractivity contribution in [2.45, 2.75) is 6.42 Å². The second kappa shape index (κ2) is 6.36. The molecule has 23 heavy (non-hydrogen) atoms. The summed E-state index contributed by atoms with van der Waals surface area (Å²) in [5.41, 5.74) is 3.52. The van der Waals surface area contributed by atoms with Crippen LogP contribution in [-0.4, -0.2) is 28.1 Å². The van der Waals surface area contributed by atoms with Gasteiger partial charge in [-0.25, -0.2) is 4.79 Å². The van der Waals surface area contributed by atoms with Gasteiger partial charge in [0.1, 0.15) is 5.75 Å². The number of carboxylic acid groups (broad SMARTS) is 1. The Morgan fingerprint density at radius 3 is 2.43 bits per heavy atom. The van der Waals surface area contributed by atoms with Gasteiger partial charge >= 0.3 is 6.09 Å². The molecule has 0 spiro atoms. The Kier molecular flexibility index (Phi) is 4.10. The van der Waals surface area contributed by atoms with Crippen molar-refractivity contribution in [1.82, 2.24) is 9.78 Å². The maximum atomic E-state index is 11.2. The SMILES string of the molecule is COc1ccc(-c2cn(C(=O)O)nc2Cc2ccccc2)cc1. The van der Waals surface area contributed by atoms with Crippen LogP contribution in [0.5, 0.6) is 5.75 Å². The van der Waals surface area contributed by atoms with Gasteiger partial charge < -0.3 is 9.84 Å². The third-order valence-corrected chi connectivity index (χ3v) is 3.60. The minimum atomic E-state index is -1.10. The van der Waals surface area contributed by atoms with Crippen LogP contribution in [-0.2, 0) is 6.42 Å². The number of benzene rings is 2. The molecule has 1 aromatic heterocycles. The lowest BCUT2D eigenvalue weighted by molar-refractivity contribution is 0.192. The van der Waals surface area contributed by atoms with E-state index in [1.165, 1.54) is 0 Å². The molecule has 0 bridgehead atoms. The van der Waals surface area contributed by atoms with E-state index in [0.717, 1.165) is 32.8 Å². The Labute approximate surface area is 133 Å². The fourth-order valence-corrected chi connectivity index (χ4v) is 2.44. The largest absolute Gasteiger partial charge is 0.497 e. The smallest absolute Gasteiger partial charge is 0.432 e. The van der Waals surface area contributed by atoms with Crippen molar-refractivity contribution >= 4 is 6.09 Å². The lowest BCUT2D eigenvalue weighted by Crippen LogP contribution is -2.08. The van der Waals surface area contributed by atoms with E-state index in [0.29, 0.717) is 6.42 Å². The van der Waals surface area contributed by atoms with Gasteiger partial charge in [-0.1, -0.05) is 42.5 Å². The summed E-state index contributed by atoms with van der Waals surface area (Å²) in [6.45, 7) is 0. The molecule has 0 saturated heterocycles. The molecule has 0 aliphatic rings. The van der Waals surface area contributed by atoms with Gasteiger partial charge in [0.15, 0.2) is 0 Å². The highest BCUT2D eigenvalue weighted by Gasteiger charge is 2.14. The average molecular weight is 308 g/mol. The zero-order valence-corrected chi connectivity index (χ0v) is 12.6. The topological polar surface area (TPSA) is 64.3 Å². The van der Waals surface area contributed by atoms with Crippen molar-refractivity contribution in [3.8, 4) is 16.9 Å². The maximum Gasteiger partial charge on any atom is 0.432 e. The zero-order chi connectivity index (χ0) is 16.2. The summed E-state index contributed by atoms with van der Waals surface area (Å²) in [6, 6.07) is 17.3. The van der Waals surface area contributed by atoms with Crippen molar-refractivity contribution in [3.05, 3.63) is 72.1 Å². The summed E-state index contributed by atoms with van der Waals surface area (Å²) in [4.78, 5) is 11.2. The van der Waals surface area contributed by atoms with E-state index in [2.05, 4.69) is 5.10 Å². The molecule has 3 aromatic rings. The number of carbonyl (C=O) groups is 1. The van der Waals surface area contributed by atoms with Crippen LogP contribution in [0.15, 0.2) is 60.8 Å². The van der Waals surface area contributed by atoms with Crippen LogP contribution < -0.4 is 4.74 Å². The standard InChI is InChI=1S/C18H16N2O3/c1-23-15-9-7-14(8-10-15)16-12-20(18(21)22)19-17(16)11-13-5-3-2-4-6-13/h2-10,12H,11H2,1H3,(H,21,22). The molecule has 0 unspecified atom stereocenters. The number of methoxy groups -OCH3 is 1. The summed E-state index contributed by atoms with van der Waals surface area (Å²) in [6.07, 6.45) is 1.02. The van der Waals surface area contributed by atoms with Crippen LogP contribution >= 0.6 is 0 Å². The minimum Gasteiger partial charge on any atom is -0.497 e. The molecule has 3 rings (SSSR count). The van der Waals surface area contributed by atoms with Crippen LogP contribution in [0, 0.1) is 0 Å². The summed E-state index contributed by atoms with van der Waals surface area (Å²) in [5.74, 6) is 0.754. The fourth-order valence-electron chi connectivity index (χ4n) is 2.44. The summed E-state index contributed by atoms with van der Waals surface area (Å²) in [7, 11) is 1.61. The zero-order valence-electron chi connectivity index (χ0n) is 12.6. The third kappa shape index (κ3) is 3.23. The van der Waals surface area contributed by atoms with Gasteiger partial charge in [0, 0.05) is 18.2 Å². The molecular formula is C18H16N2O3. The van der Waals surface area contributed by atoms with Gasteiger partial charge in [-0.2, -0.15) is 9.78 Å². The number of hydrogen-bond acceptors (Lipinski definition) is 3. The molecule has 2 aromatic carbocycles. The average Bonchev–Trinajstić information content (AvgIpc) is 3.00. The van der Waals surface area contributed by atoms with Crippen molar-refractivity contribution in [2.75, 3.05) is 7.11 Å². The molecule has 0 aliphatic carbocycles. The van der Waals surface area contributed by atoms with Crippen molar-refractivity contribution in [1.29, 1.82) is 0 Å². The van der Waals surface area contributed by atoms with Crippen LogP contribution in [0.2, 0.25) is 0 Å². The van der Waals surface area contributed by atoms with Gasteiger partial charge in [-0.05, 0) is 23.3 Å². The van der Waals surface area contributed by atoms with E-state index in [-0.39, 0.29) is 0 Å². The molecule has 0 radical (unpaired) electrons. The number of nitrogens with zero attached hydrogens (tertiary/aromatic N) is 2. The van der Waals surface area contributed by atoms with Crippen molar-refractivity contribution in [2.24, 2.45) is 0 Å². The molecule has 0 aliphatic heterocycles. The van der Waals surface area contributed by atoms with Crippen LogP contribution in [0.3, 0.4) is 0 Å². The van der Waals surface area contributed by atoms with Gasteiger partial charge in [-0.15, -0.1) is 0 Å². The molecule has 0 atom stereocenters. The molecule has 1 N–H and O–H groups in total. The molecule has 5 heteroatoms. The van der Waals surface area contributed by atoms with Gasteiger partial charge in [0.05, 0.1) is 12.8 Å². The normalized spacial score (nSPS) is 10.5. The third-order valence-electron chi connectivity index (χ3n) is 3.60. The number of rotatable bonds is 4. The van der Waals surface area contributed by atoms with E-state index in [1.807, 2.05) is 54.6 Å². The predicted octanol–water partition coefficient (Wildman–Crippen LogP) is 3.68. The van der Waals surface area contributed by atoms with E-state index in [4.69, 9.17) is 4.74 Å². The molecular weight excluding hydrogens is 292 g/mol. The van der Waals surface area contributed by atoms with Gasteiger partial charge in [0.25, 0.3) is 0 Å². The molecule has 0 amide bonds. The molecule has 5 nitrogen and oxygen atoms in total. The minimum absolute atomic E-state index is 0.572. The first-order valence-corrected chi connectivity index (χ1v) is 7.17. The van der Waals surface area contributed by atoms with E-state index >= 15 is 0 Å². The molecule has 0 saturated carbocycles. The van der Waals surface area contributed by atoms with Crippen LogP contribution in [0.1, 0.15) is 11.3 Å². The highest BCUT2D eigenvalue weighted by Crippen LogP contribution is 2.27. The second-order valence-corrected chi connectivity index (χ2v) is 5.11. The highest BCUT2D eigenvalue weighted by atomic mass is 16.5. The summed E-state index contributed by atoms with van der Waals surface area (Å²) in [5, 5.41) is 13.4. The van der Waals surface area contributed by atoms with Crippen molar-refractivity contribution < 1.29 is 14.6 Å². The number of hydrogen-bond donors (Lipinski definition) is 1. The lowest BCUT2D eigenvalue weighted by Gasteiger charge is -2.04. The van der Waals surface area contributed by atoms with Crippen LogP contribution in [0.25, 0.3) is 11.1 Å². The monoisotopic (exact) mass is 308 g/mol. The predicted molar refractivity (Wildman–Crippen MR) is 86.9 cm³/mol. The van der Waals surface area contributed by atoms with E-state index < -0.39 is 6.09 Å². The second-order valence-electron chi connectivity index (χ2n) is 5.11. The Morgan fingerprint density at radius 2 is 1.83 bits per heavy atom. The first-order valence-electron chi connectivity index (χ1n) is 7.17. The van der Waals surface area contributed by atoms with E-state index in [1.54, 1.807) is 13.3 Å². The Hall–Kier alpha value is -3.08. The number of ether oxygens (including phenoxy) is 1. The quantitative estimate of drug-likeness (QED) is 0.798. The summed E-state index contributed by atoms with van der Waals surface area (Å²) >= 11 is 0. The Bertz CT molecular complexity index is 808. The maximum absolute atomic E-state index is 11.2. The fraction of sp³-hybridized carbons (Fsp3) is 0.111. The Morgan fingerprint density at radius 1 is 1.13 bits per heavy atom.